The third-order valence-corrected chi connectivity index (χ3v) is 7.61. The molecule has 0 spiro atoms. The highest BCUT2D eigenvalue weighted by Gasteiger charge is 2.38. The number of hydrogen-bond acceptors (Lipinski definition) is 6. The number of aromatic nitrogens is 1. The van der Waals surface area contributed by atoms with E-state index in [1.54, 1.807) is 18.2 Å². The molecule has 170 valence electrons. The van der Waals surface area contributed by atoms with Crippen LogP contribution in [0.2, 0.25) is 0 Å². The predicted octanol–water partition coefficient (Wildman–Crippen LogP) is 2.70. The van der Waals surface area contributed by atoms with E-state index < -0.39 is 15.9 Å². The highest BCUT2D eigenvalue weighted by Crippen LogP contribution is 2.36. The van der Waals surface area contributed by atoms with Crippen LogP contribution in [0.5, 0.6) is 0 Å². The summed E-state index contributed by atoms with van der Waals surface area (Å²) in [5, 5.41) is 6.05. The Labute approximate surface area is 188 Å². The van der Waals surface area contributed by atoms with Gasteiger partial charge >= 0.3 is 0 Å². The monoisotopic (exact) mass is 456 g/mol. The Morgan fingerprint density at radius 3 is 2.41 bits per heavy atom. The van der Waals surface area contributed by atoms with Crippen LogP contribution in [0, 0.1) is 11.8 Å². The lowest BCUT2D eigenvalue weighted by molar-refractivity contribution is -0.119. The molecule has 9 heteroatoms. The number of hydrogen-bond donors (Lipinski definition) is 3. The van der Waals surface area contributed by atoms with Gasteiger partial charge in [0.15, 0.2) is 5.03 Å². The van der Waals surface area contributed by atoms with Crippen LogP contribution in [0.3, 0.4) is 0 Å². The summed E-state index contributed by atoms with van der Waals surface area (Å²) in [6.45, 7) is 0.850. The smallest absolute Gasteiger partial charge is 0.281 e. The largest absolute Gasteiger partial charge is 0.325 e. The summed E-state index contributed by atoms with van der Waals surface area (Å²) in [5.41, 5.74) is 0.733. The Morgan fingerprint density at radius 2 is 1.72 bits per heavy atom. The molecule has 2 amide bonds. The van der Waals surface area contributed by atoms with Crippen molar-refractivity contribution in [1.82, 2.24) is 15.0 Å². The molecule has 8 nitrogen and oxygen atoms in total. The standard InChI is InChI=1S/C23H28N4O4S/c28-22(27-32(30,31)20-8-4-5-14-24-20)17-9-11-18(12-10-17)26-23(29)21-19(13-15-25-21)16-6-2-1-3-7-16/h4-5,8-12,14,16,19,21,25H,1-3,6-7,13,15H2,(H,26,29)(H,27,28)/t19-,21-/m0/s1. The Kier molecular flexibility index (Phi) is 6.86. The maximum atomic E-state index is 12.9. The van der Waals surface area contributed by atoms with Gasteiger partial charge in [0, 0.05) is 17.4 Å². The Morgan fingerprint density at radius 1 is 0.969 bits per heavy atom. The van der Waals surface area contributed by atoms with Crippen molar-refractivity contribution in [2.75, 3.05) is 11.9 Å². The molecule has 0 bridgehead atoms. The first-order valence-electron chi connectivity index (χ1n) is 11.1. The number of amides is 2. The predicted molar refractivity (Wildman–Crippen MR) is 120 cm³/mol. The lowest BCUT2D eigenvalue weighted by Crippen LogP contribution is -2.42. The minimum atomic E-state index is -4.05. The molecule has 4 rings (SSSR count). The molecule has 1 aromatic carbocycles. The number of carbonyl (C=O) groups excluding carboxylic acids is 2. The third-order valence-electron chi connectivity index (χ3n) is 6.36. The molecule has 32 heavy (non-hydrogen) atoms. The molecule has 3 N–H and O–H groups in total. The first kappa shape index (κ1) is 22.4. The zero-order valence-electron chi connectivity index (χ0n) is 17.8. The zero-order chi connectivity index (χ0) is 22.6. The van der Waals surface area contributed by atoms with Gasteiger partial charge < -0.3 is 10.6 Å². The van der Waals surface area contributed by atoms with Crippen molar-refractivity contribution in [2.24, 2.45) is 11.8 Å². The molecule has 0 unspecified atom stereocenters. The van der Waals surface area contributed by atoms with Crippen LogP contribution < -0.4 is 15.4 Å². The Hall–Kier alpha value is -2.78. The van der Waals surface area contributed by atoms with Crippen molar-refractivity contribution >= 4 is 27.5 Å². The van der Waals surface area contributed by atoms with Crippen LogP contribution in [0.1, 0.15) is 48.9 Å². The topological polar surface area (TPSA) is 117 Å². The number of sulfonamides is 1. The average Bonchev–Trinajstić information content (AvgIpc) is 3.31. The number of pyridine rings is 1. The number of rotatable bonds is 6. The number of nitrogens with one attached hydrogen (secondary N) is 3. The molecular weight excluding hydrogens is 428 g/mol. The van der Waals surface area contributed by atoms with E-state index >= 15 is 0 Å². The SMILES string of the molecule is O=C(NS(=O)(=O)c1ccccn1)c1ccc(NC(=O)[C@H]2NCC[C@H]2C2CCCCC2)cc1. The van der Waals surface area contributed by atoms with E-state index in [1.807, 2.05) is 4.72 Å². The molecule has 2 aliphatic rings. The number of nitrogens with zero attached hydrogens (tertiary/aromatic N) is 1. The van der Waals surface area contributed by atoms with Crippen LogP contribution in [0.15, 0.2) is 53.7 Å². The molecule has 1 aromatic heterocycles. The molecule has 1 saturated heterocycles. The average molecular weight is 457 g/mol. The van der Waals surface area contributed by atoms with Gasteiger partial charge in [-0.05, 0) is 61.2 Å². The van der Waals surface area contributed by atoms with E-state index in [0.717, 1.165) is 13.0 Å². The molecule has 2 heterocycles. The molecule has 0 radical (unpaired) electrons. The summed E-state index contributed by atoms with van der Waals surface area (Å²) in [6, 6.07) is 10.4. The van der Waals surface area contributed by atoms with Gasteiger partial charge in [0.2, 0.25) is 5.91 Å². The first-order chi connectivity index (χ1) is 15.4. The summed E-state index contributed by atoms with van der Waals surface area (Å²) in [7, 11) is -4.05. The second-order valence-corrected chi connectivity index (χ2v) is 10.1. The summed E-state index contributed by atoms with van der Waals surface area (Å²) < 4.78 is 26.6. The molecule has 1 aliphatic heterocycles. The molecule has 1 aliphatic carbocycles. The first-order valence-corrected chi connectivity index (χ1v) is 12.5. The second-order valence-electron chi connectivity index (χ2n) is 8.45. The molecule has 2 aromatic rings. The van der Waals surface area contributed by atoms with Gasteiger partial charge in [0.05, 0.1) is 6.04 Å². The minimum absolute atomic E-state index is 0.0620. The van der Waals surface area contributed by atoms with Crippen molar-refractivity contribution in [1.29, 1.82) is 0 Å². The zero-order valence-corrected chi connectivity index (χ0v) is 18.6. The minimum Gasteiger partial charge on any atom is -0.325 e. The summed E-state index contributed by atoms with van der Waals surface area (Å²) in [4.78, 5) is 29.0. The van der Waals surface area contributed by atoms with Crippen LogP contribution in [-0.4, -0.2) is 37.8 Å². The van der Waals surface area contributed by atoms with Gasteiger partial charge in [-0.3, -0.25) is 9.59 Å². The van der Waals surface area contributed by atoms with Crippen LogP contribution in [0.25, 0.3) is 0 Å². The van der Waals surface area contributed by atoms with Gasteiger partial charge in [0.1, 0.15) is 0 Å². The maximum absolute atomic E-state index is 12.9. The van der Waals surface area contributed by atoms with Crippen molar-refractivity contribution in [3.05, 3.63) is 54.2 Å². The lowest BCUT2D eigenvalue weighted by atomic mass is 9.76. The van der Waals surface area contributed by atoms with Gasteiger partial charge in [-0.15, -0.1) is 0 Å². The number of carbonyl (C=O) groups is 2. The van der Waals surface area contributed by atoms with E-state index in [0.29, 0.717) is 17.5 Å². The van der Waals surface area contributed by atoms with Crippen molar-refractivity contribution in [3.63, 3.8) is 0 Å². The fraction of sp³-hybridized carbons (Fsp3) is 0.435. The van der Waals surface area contributed by atoms with Crippen molar-refractivity contribution in [3.8, 4) is 0 Å². The normalized spacial score (nSPS) is 21.8. The number of anilines is 1. The quantitative estimate of drug-likeness (QED) is 0.615. The van der Waals surface area contributed by atoms with E-state index in [2.05, 4.69) is 15.6 Å². The highest BCUT2D eigenvalue weighted by atomic mass is 32.2. The second kappa shape index (κ2) is 9.79. The van der Waals surface area contributed by atoms with Gasteiger partial charge in [0.25, 0.3) is 15.9 Å². The van der Waals surface area contributed by atoms with Gasteiger partial charge in [-0.25, -0.2) is 9.71 Å². The van der Waals surface area contributed by atoms with Gasteiger partial charge in [-0.2, -0.15) is 8.42 Å². The fourth-order valence-electron chi connectivity index (χ4n) is 4.75. The fourth-order valence-corrected chi connectivity index (χ4v) is 5.67. The Bertz CT molecular complexity index is 1050. The summed E-state index contributed by atoms with van der Waals surface area (Å²) >= 11 is 0. The molecule has 2 fully saturated rings. The van der Waals surface area contributed by atoms with Crippen LogP contribution in [0.4, 0.5) is 5.69 Å². The summed E-state index contributed by atoms with van der Waals surface area (Å²) in [6.07, 6.45) is 8.53. The van der Waals surface area contributed by atoms with E-state index in [-0.39, 0.29) is 22.5 Å². The van der Waals surface area contributed by atoms with Gasteiger partial charge in [-0.1, -0.05) is 38.2 Å². The third kappa shape index (κ3) is 5.16. The number of benzene rings is 1. The molecule has 1 saturated carbocycles. The molecular formula is C23H28N4O4S. The van der Waals surface area contributed by atoms with E-state index in [4.69, 9.17) is 0 Å². The maximum Gasteiger partial charge on any atom is 0.281 e. The van der Waals surface area contributed by atoms with E-state index in [1.165, 1.54) is 62.6 Å². The highest BCUT2D eigenvalue weighted by molar-refractivity contribution is 7.90. The van der Waals surface area contributed by atoms with Crippen LogP contribution >= 0.6 is 0 Å². The lowest BCUT2D eigenvalue weighted by Gasteiger charge is -2.30. The van der Waals surface area contributed by atoms with Crippen molar-refractivity contribution < 1.29 is 18.0 Å². The Balaban J connectivity index is 1.37. The molecule has 2 atom stereocenters. The van der Waals surface area contributed by atoms with Crippen LogP contribution in [-0.2, 0) is 14.8 Å². The summed E-state index contributed by atoms with van der Waals surface area (Å²) in [5.74, 6) is 0.134. The van der Waals surface area contributed by atoms with E-state index in [9.17, 15) is 18.0 Å². The van der Waals surface area contributed by atoms with Crippen molar-refractivity contribution in [2.45, 2.75) is 49.6 Å².